The van der Waals surface area contributed by atoms with Crippen LogP contribution < -0.4 is 0 Å². The first-order valence-corrected chi connectivity index (χ1v) is 3.46. The molecule has 2 unspecified atom stereocenters. The Labute approximate surface area is 55.8 Å². The minimum absolute atomic E-state index is 0.461. The smallest absolute Gasteiger partial charge is 0.209 e. The zero-order valence-corrected chi connectivity index (χ0v) is 6.00. The molecule has 0 radical (unpaired) electrons. The van der Waals surface area contributed by atoms with Crippen LogP contribution in [-0.2, 0) is 4.79 Å². The molecule has 1 aliphatic rings. The van der Waals surface area contributed by atoms with Gasteiger partial charge in [0.25, 0.3) is 0 Å². The van der Waals surface area contributed by atoms with Crippen molar-refractivity contribution < 1.29 is 4.79 Å². The lowest BCUT2D eigenvalue weighted by atomic mass is 10.1. The summed E-state index contributed by atoms with van der Waals surface area (Å²) in [6, 6.07) is 0.461. The average molecular weight is 127 g/mol. The lowest BCUT2D eigenvalue weighted by Crippen LogP contribution is -2.27. The van der Waals surface area contributed by atoms with E-state index in [1.165, 1.54) is 6.42 Å². The van der Waals surface area contributed by atoms with Crippen molar-refractivity contribution in [3.8, 4) is 0 Å². The Morgan fingerprint density at radius 3 is 2.44 bits per heavy atom. The molecule has 0 spiro atoms. The Morgan fingerprint density at radius 1 is 1.56 bits per heavy atom. The van der Waals surface area contributed by atoms with Gasteiger partial charge in [-0.3, -0.25) is 4.79 Å². The number of nitrogens with zero attached hydrogens (tertiary/aromatic N) is 1. The molecule has 0 aromatic rings. The molecule has 0 saturated carbocycles. The maximum Gasteiger partial charge on any atom is 0.209 e. The molecule has 0 bridgehead atoms. The number of likely N-dealkylation sites (tertiary alicyclic amines) is 1. The monoisotopic (exact) mass is 127 g/mol. The Kier molecular flexibility index (Phi) is 1.74. The van der Waals surface area contributed by atoms with E-state index in [9.17, 15) is 4.79 Å². The van der Waals surface area contributed by atoms with E-state index in [1.54, 1.807) is 0 Å². The lowest BCUT2D eigenvalue weighted by molar-refractivity contribution is -0.118. The zero-order valence-electron chi connectivity index (χ0n) is 6.00. The Morgan fingerprint density at radius 2 is 2.22 bits per heavy atom. The van der Waals surface area contributed by atoms with Gasteiger partial charge >= 0.3 is 0 Å². The number of rotatable bonds is 1. The number of amides is 1. The predicted molar refractivity (Wildman–Crippen MR) is 36.0 cm³/mol. The highest BCUT2D eigenvalue weighted by Gasteiger charge is 2.25. The summed E-state index contributed by atoms with van der Waals surface area (Å²) in [5, 5.41) is 0. The average Bonchev–Trinajstić information content (AvgIpc) is 2.15. The third-order valence-electron chi connectivity index (χ3n) is 2.32. The summed E-state index contributed by atoms with van der Waals surface area (Å²) in [6.45, 7) is 5.24. The fraction of sp³-hybridized carbons (Fsp3) is 0.857. The van der Waals surface area contributed by atoms with Crippen LogP contribution in [0.3, 0.4) is 0 Å². The molecule has 1 saturated heterocycles. The van der Waals surface area contributed by atoms with E-state index in [2.05, 4.69) is 13.8 Å². The number of hydrogen-bond donors (Lipinski definition) is 0. The molecular formula is C7H13NO. The van der Waals surface area contributed by atoms with Crippen LogP contribution in [0.4, 0.5) is 0 Å². The molecule has 1 fully saturated rings. The van der Waals surface area contributed by atoms with E-state index in [-0.39, 0.29) is 0 Å². The molecule has 2 atom stereocenters. The van der Waals surface area contributed by atoms with Gasteiger partial charge in [0, 0.05) is 12.6 Å². The van der Waals surface area contributed by atoms with Gasteiger partial charge in [0.15, 0.2) is 0 Å². The summed E-state index contributed by atoms with van der Waals surface area (Å²) in [7, 11) is 0. The second kappa shape index (κ2) is 2.38. The molecule has 52 valence electrons. The minimum Gasteiger partial charge on any atom is -0.342 e. The third-order valence-corrected chi connectivity index (χ3v) is 2.32. The Hall–Kier alpha value is -0.530. The van der Waals surface area contributed by atoms with Crippen LogP contribution in [0.2, 0.25) is 0 Å². The summed E-state index contributed by atoms with van der Waals surface area (Å²) >= 11 is 0. The van der Waals surface area contributed by atoms with Crippen LogP contribution in [0.15, 0.2) is 0 Å². The van der Waals surface area contributed by atoms with Crippen molar-refractivity contribution >= 4 is 6.41 Å². The third kappa shape index (κ3) is 1.07. The molecule has 1 heterocycles. The van der Waals surface area contributed by atoms with Crippen LogP contribution in [0.1, 0.15) is 20.3 Å². The zero-order chi connectivity index (χ0) is 6.85. The van der Waals surface area contributed by atoms with Crippen molar-refractivity contribution in [1.29, 1.82) is 0 Å². The highest BCUT2D eigenvalue weighted by molar-refractivity contribution is 5.48. The van der Waals surface area contributed by atoms with Gasteiger partial charge in [0.1, 0.15) is 0 Å². The highest BCUT2D eigenvalue weighted by Crippen LogP contribution is 2.20. The predicted octanol–water partition coefficient (Wildman–Crippen LogP) is 0.873. The number of carbonyl (C=O) groups excluding carboxylic acids is 1. The first kappa shape index (κ1) is 6.59. The number of hydrogen-bond acceptors (Lipinski definition) is 1. The van der Waals surface area contributed by atoms with Gasteiger partial charge < -0.3 is 4.90 Å². The molecule has 1 aliphatic heterocycles. The van der Waals surface area contributed by atoms with E-state index >= 15 is 0 Å². The van der Waals surface area contributed by atoms with Crippen molar-refractivity contribution in [2.24, 2.45) is 5.92 Å². The topological polar surface area (TPSA) is 20.3 Å². The molecule has 1 rings (SSSR count). The van der Waals surface area contributed by atoms with E-state index in [0.717, 1.165) is 13.0 Å². The van der Waals surface area contributed by atoms with Crippen LogP contribution >= 0.6 is 0 Å². The van der Waals surface area contributed by atoms with E-state index < -0.39 is 0 Å². The van der Waals surface area contributed by atoms with E-state index in [4.69, 9.17) is 0 Å². The van der Waals surface area contributed by atoms with Crippen LogP contribution in [0.5, 0.6) is 0 Å². The molecule has 2 heteroatoms. The fourth-order valence-corrected chi connectivity index (χ4v) is 1.27. The van der Waals surface area contributed by atoms with Crippen molar-refractivity contribution in [3.63, 3.8) is 0 Å². The first-order valence-electron chi connectivity index (χ1n) is 3.46. The summed E-state index contributed by atoms with van der Waals surface area (Å²) in [5.41, 5.74) is 0. The fourth-order valence-electron chi connectivity index (χ4n) is 1.27. The van der Waals surface area contributed by atoms with Crippen LogP contribution in [0.25, 0.3) is 0 Å². The summed E-state index contributed by atoms with van der Waals surface area (Å²) in [4.78, 5) is 12.2. The second-order valence-electron chi connectivity index (χ2n) is 2.85. The molecule has 0 aromatic carbocycles. The maximum absolute atomic E-state index is 10.3. The molecule has 2 nitrogen and oxygen atoms in total. The SMILES string of the molecule is CC1CCN(C=O)C1C. The standard InChI is InChI=1S/C7H13NO/c1-6-3-4-8(5-9)7(6)2/h5-7H,3-4H2,1-2H3. The lowest BCUT2D eigenvalue weighted by Gasteiger charge is -2.17. The normalized spacial score (nSPS) is 35.1. The molecule has 0 aliphatic carbocycles. The van der Waals surface area contributed by atoms with Crippen LogP contribution in [-0.4, -0.2) is 23.9 Å². The van der Waals surface area contributed by atoms with E-state index in [0.29, 0.717) is 12.0 Å². The largest absolute Gasteiger partial charge is 0.342 e. The van der Waals surface area contributed by atoms with Crippen molar-refractivity contribution in [2.45, 2.75) is 26.3 Å². The van der Waals surface area contributed by atoms with Gasteiger partial charge in [-0.05, 0) is 19.3 Å². The maximum atomic E-state index is 10.3. The van der Waals surface area contributed by atoms with Gasteiger partial charge in [-0.1, -0.05) is 6.92 Å². The molecule has 1 amide bonds. The minimum atomic E-state index is 0.461. The molecular weight excluding hydrogens is 114 g/mol. The number of carbonyl (C=O) groups is 1. The van der Waals surface area contributed by atoms with E-state index in [1.807, 2.05) is 4.90 Å². The van der Waals surface area contributed by atoms with Gasteiger partial charge in [-0.15, -0.1) is 0 Å². The Balaban J connectivity index is 2.50. The van der Waals surface area contributed by atoms with Crippen molar-refractivity contribution in [1.82, 2.24) is 4.90 Å². The second-order valence-corrected chi connectivity index (χ2v) is 2.85. The van der Waals surface area contributed by atoms with Gasteiger partial charge in [0.2, 0.25) is 6.41 Å². The molecule has 9 heavy (non-hydrogen) atoms. The van der Waals surface area contributed by atoms with Gasteiger partial charge in [-0.2, -0.15) is 0 Å². The van der Waals surface area contributed by atoms with Gasteiger partial charge in [-0.25, -0.2) is 0 Å². The first-order chi connectivity index (χ1) is 4.25. The van der Waals surface area contributed by atoms with Crippen LogP contribution in [0, 0.1) is 5.92 Å². The van der Waals surface area contributed by atoms with Crippen molar-refractivity contribution in [2.75, 3.05) is 6.54 Å². The summed E-state index contributed by atoms with van der Waals surface area (Å²) in [6.07, 6.45) is 2.12. The molecule has 0 aromatic heterocycles. The van der Waals surface area contributed by atoms with Crippen molar-refractivity contribution in [3.05, 3.63) is 0 Å². The molecule has 0 N–H and O–H groups in total. The summed E-state index contributed by atoms with van der Waals surface area (Å²) < 4.78 is 0. The highest BCUT2D eigenvalue weighted by atomic mass is 16.1. The Bertz CT molecular complexity index is 113. The quantitative estimate of drug-likeness (QED) is 0.479. The van der Waals surface area contributed by atoms with Gasteiger partial charge in [0.05, 0.1) is 0 Å². The summed E-state index contributed by atoms with van der Waals surface area (Å²) in [5.74, 6) is 0.690.